The molecule has 0 aliphatic heterocycles. The first-order valence-corrected chi connectivity index (χ1v) is 5.26. The van der Waals surface area contributed by atoms with Gasteiger partial charge in [0.1, 0.15) is 11.5 Å². The third kappa shape index (κ3) is 1.79. The molecule has 16 heavy (non-hydrogen) atoms. The molecular formula is C12H18O4. The van der Waals surface area contributed by atoms with Crippen LogP contribution >= 0.6 is 0 Å². The van der Waals surface area contributed by atoms with E-state index in [0.29, 0.717) is 12.0 Å². The van der Waals surface area contributed by atoms with Crippen molar-refractivity contribution in [1.82, 2.24) is 0 Å². The third-order valence-corrected chi connectivity index (χ3v) is 3.21. The van der Waals surface area contributed by atoms with Gasteiger partial charge < -0.3 is 4.74 Å². The second-order valence-electron chi connectivity index (χ2n) is 4.27. The van der Waals surface area contributed by atoms with Gasteiger partial charge in [-0.25, -0.2) is 4.89 Å². The van der Waals surface area contributed by atoms with Gasteiger partial charge in [-0.3, -0.25) is 10.1 Å². The topological polar surface area (TPSA) is 55.8 Å². The van der Waals surface area contributed by atoms with E-state index in [2.05, 4.69) is 11.5 Å². The molecule has 2 atom stereocenters. The van der Waals surface area contributed by atoms with Gasteiger partial charge in [-0.2, -0.15) is 0 Å². The number of ether oxygens (including phenoxy) is 1. The standard InChI is InChI=1S/C12H18O4/c1-8(2)12(11(13)15-4)7-5-6-10(16-14)9(12)3/h5,7-8,10,14H,3,6H2,1-2,4H3/t10-,12-/m0/s1. The van der Waals surface area contributed by atoms with Crippen LogP contribution in [0.4, 0.5) is 0 Å². The quantitative estimate of drug-likeness (QED) is 0.347. The molecule has 0 aromatic heterocycles. The Hall–Kier alpha value is -1.13. The van der Waals surface area contributed by atoms with Crippen molar-refractivity contribution in [3.05, 3.63) is 24.3 Å². The minimum atomic E-state index is -0.902. The van der Waals surface area contributed by atoms with E-state index in [1.165, 1.54) is 7.11 Å². The minimum absolute atomic E-state index is 0.0124. The Balaban J connectivity index is 3.20. The lowest BCUT2D eigenvalue weighted by Gasteiger charge is -2.38. The Bertz CT molecular complexity index is 319. The highest BCUT2D eigenvalue weighted by atomic mass is 17.1. The Morgan fingerprint density at radius 2 is 2.31 bits per heavy atom. The average molecular weight is 226 g/mol. The molecule has 4 nitrogen and oxygen atoms in total. The lowest BCUT2D eigenvalue weighted by Crippen LogP contribution is -2.43. The fraction of sp³-hybridized carbons (Fsp3) is 0.583. The lowest BCUT2D eigenvalue weighted by atomic mass is 9.67. The van der Waals surface area contributed by atoms with Gasteiger partial charge in [-0.05, 0) is 17.9 Å². The molecule has 0 saturated carbocycles. The summed E-state index contributed by atoms with van der Waals surface area (Å²) in [7, 11) is 1.34. The summed E-state index contributed by atoms with van der Waals surface area (Å²) in [6.07, 6.45) is 3.57. The number of carbonyl (C=O) groups excluding carboxylic acids is 1. The maximum Gasteiger partial charge on any atom is 0.320 e. The molecule has 0 bridgehead atoms. The summed E-state index contributed by atoms with van der Waals surface area (Å²) in [6.45, 7) is 7.69. The predicted molar refractivity (Wildman–Crippen MR) is 59.7 cm³/mol. The van der Waals surface area contributed by atoms with Gasteiger partial charge in [0.2, 0.25) is 0 Å². The molecule has 0 unspecified atom stereocenters. The van der Waals surface area contributed by atoms with Gasteiger partial charge in [0.15, 0.2) is 0 Å². The molecule has 0 aromatic carbocycles. The molecule has 0 saturated heterocycles. The summed E-state index contributed by atoms with van der Waals surface area (Å²) in [4.78, 5) is 16.3. The lowest BCUT2D eigenvalue weighted by molar-refractivity contribution is -0.271. The van der Waals surface area contributed by atoms with Crippen LogP contribution < -0.4 is 0 Å². The van der Waals surface area contributed by atoms with E-state index >= 15 is 0 Å². The molecule has 0 spiro atoms. The van der Waals surface area contributed by atoms with Gasteiger partial charge >= 0.3 is 5.97 Å². The van der Waals surface area contributed by atoms with Crippen molar-refractivity contribution in [2.24, 2.45) is 11.3 Å². The summed E-state index contributed by atoms with van der Waals surface area (Å²) in [5.41, 5.74) is -0.361. The Morgan fingerprint density at radius 1 is 1.69 bits per heavy atom. The van der Waals surface area contributed by atoms with Crippen molar-refractivity contribution < 1.29 is 19.7 Å². The van der Waals surface area contributed by atoms with Gasteiger partial charge in [0.05, 0.1) is 7.11 Å². The highest BCUT2D eigenvalue weighted by Crippen LogP contribution is 2.43. The maximum atomic E-state index is 11.9. The fourth-order valence-electron chi connectivity index (χ4n) is 2.17. The van der Waals surface area contributed by atoms with Crippen LogP contribution in [0.5, 0.6) is 0 Å². The molecule has 1 N–H and O–H groups in total. The first-order valence-electron chi connectivity index (χ1n) is 5.26. The number of rotatable bonds is 3. The molecule has 90 valence electrons. The predicted octanol–water partition coefficient (Wildman–Crippen LogP) is 2.18. The zero-order valence-corrected chi connectivity index (χ0v) is 9.90. The zero-order chi connectivity index (χ0) is 12.3. The number of carbonyl (C=O) groups is 1. The number of hydrogen-bond donors (Lipinski definition) is 1. The highest BCUT2D eigenvalue weighted by Gasteiger charge is 2.47. The summed E-state index contributed by atoms with van der Waals surface area (Å²) < 4.78 is 4.83. The van der Waals surface area contributed by atoms with Crippen LogP contribution in [-0.4, -0.2) is 24.4 Å². The molecule has 4 heteroatoms. The molecule has 1 rings (SSSR count). The Labute approximate surface area is 95.5 Å². The van der Waals surface area contributed by atoms with E-state index in [0.717, 1.165) is 0 Å². The smallest absolute Gasteiger partial charge is 0.320 e. The second-order valence-corrected chi connectivity index (χ2v) is 4.27. The van der Waals surface area contributed by atoms with Crippen molar-refractivity contribution in [3.63, 3.8) is 0 Å². The van der Waals surface area contributed by atoms with Crippen LogP contribution in [0.2, 0.25) is 0 Å². The molecule has 1 aliphatic carbocycles. The molecule has 0 heterocycles. The normalized spacial score (nSPS) is 29.6. The largest absolute Gasteiger partial charge is 0.468 e. The summed E-state index contributed by atoms with van der Waals surface area (Å²) in [5, 5.41) is 8.78. The van der Waals surface area contributed by atoms with E-state index in [-0.39, 0.29) is 11.9 Å². The monoisotopic (exact) mass is 226 g/mol. The van der Waals surface area contributed by atoms with Crippen LogP contribution in [0.1, 0.15) is 20.3 Å². The van der Waals surface area contributed by atoms with Gasteiger partial charge in [-0.15, -0.1) is 0 Å². The molecule has 0 radical (unpaired) electrons. The van der Waals surface area contributed by atoms with Crippen molar-refractivity contribution in [2.75, 3.05) is 7.11 Å². The molecule has 1 aliphatic rings. The van der Waals surface area contributed by atoms with E-state index in [9.17, 15) is 4.79 Å². The SMILES string of the molecule is C=C1[C@@H](OO)CC=C[C@]1(C(=O)OC)C(C)C. The van der Waals surface area contributed by atoms with Crippen LogP contribution in [0.25, 0.3) is 0 Å². The maximum absolute atomic E-state index is 11.9. The molecular weight excluding hydrogens is 208 g/mol. The van der Waals surface area contributed by atoms with E-state index in [1.807, 2.05) is 19.9 Å². The van der Waals surface area contributed by atoms with Gasteiger partial charge in [0.25, 0.3) is 0 Å². The molecule has 0 amide bonds. The first-order chi connectivity index (χ1) is 7.50. The number of esters is 1. The van der Waals surface area contributed by atoms with E-state index in [4.69, 9.17) is 9.99 Å². The van der Waals surface area contributed by atoms with E-state index in [1.54, 1.807) is 6.08 Å². The average Bonchev–Trinajstić information content (AvgIpc) is 2.28. The van der Waals surface area contributed by atoms with E-state index < -0.39 is 11.5 Å². The summed E-state index contributed by atoms with van der Waals surface area (Å²) in [5.74, 6) is -0.382. The third-order valence-electron chi connectivity index (χ3n) is 3.21. The van der Waals surface area contributed by atoms with Crippen molar-refractivity contribution in [1.29, 1.82) is 0 Å². The van der Waals surface area contributed by atoms with Gasteiger partial charge in [-0.1, -0.05) is 32.6 Å². The Kier molecular flexibility index (Phi) is 3.88. The fourth-order valence-corrected chi connectivity index (χ4v) is 2.17. The number of hydrogen-bond acceptors (Lipinski definition) is 4. The van der Waals surface area contributed by atoms with Crippen molar-refractivity contribution in [3.8, 4) is 0 Å². The van der Waals surface area contributed by atoms with Gasteiger partial charge in [0, 0.05) is 0 Å². The first kappa shape index (κ1) is 12.9. The van der Waals surface area contributed by atoms with Crippen LogP contribution in [0.3, 0.4) is 0 Å². The number of methoxy groups -OCH3 is 1. The summed E-state index contributed by atoms with van der Waals surface area (Å²) >= 11 is 0. The highest BCUT2D eigenvalue weighted by molar-refractivity contribution is 5.84. The second kappa shape index (κ2) is 4.80. The Morgan fingerprint density at radius 3 is 2.75 bits per heavy atom. The van der Waals surface area contributed by atoms with Crippen LogP contribution in [0, 0.1) is 11.3 Å². The zero-order valence-electron chi connectivity index (χ0n) is 9.90. The molecule has 0 fully saturated rings. The van der Waals surface area contributed by atoms with Crippen LogP contribution in [-0.2, 0) is 14.4 Å². The van der Waals surface area contributed by atoms with Crippen molar-refractivity contribution >= 4 is 5.97 Å². The van der Waals surface area contributed by atoms with Crippen molar-refractivity contribution in [2.45, 2.75) is 26.4 Å². The molecule has 0 aromatic rings. The minimum Gasteiger partial charge on any atom is -0.468 e. The summed E-state index contributed by atoms with van der Waals surface area (Å²) in [6, 6.07) is 0. The van der Waals surface area contributed by atoms with Crippen LogP contribution in [0.15, 0.2) is 24.3 Å².